The Labute approximate surface area is 91.5 Å². The van der Waals surface area contributed by atoms with Crippen molar-refractivity contribution < 1.29 is 5.11 Å². The van der Waals surface area contributed by atoms with Gasteiger partial charge in [0.15, 0.2) is 0 Å². The first-order chi connectivity index (χ1) is 5.74. The molecule has 0 aromatic carbocycles. The molecule has 1 aliphatic rings. The number of rotatable bonds is 3. The second kappa shape index (κ2) is 6.76. The van der Waals surface area contributed by atoms with Gasteiger partial charge in [-0.05, 0) is 40.0 Å². The number of hydrogen-bond acceptors (Lipinski definition) is 3. The van der Waals surface area contributed by atoms with Crippen LogP contribution in [-0.2, 0) is 0 Å². The van der Waals surface area contributed by atoms with Crippen molar-refractivity contribution in [3.8, 4) is 0 Å². The zero-order valence-electron chi connectivity index (χ0n) is 8.57. The molecule has 1 heterocycles. The molecule has 4 heteroatoms. The third-order valence-corrected chi connectivity index (χ3v) is 2.70. The van der Waals surface area contributed by atoms with Gasteiger partial charge in [-0.1, -0.05) is 0 Å². The number of nitrogens with zero attached hydrogens (tertiary/aromatic N) is 2. The summed E-state index contributed by atoms with van der Waals surface area (Å²) in [6.45, 7) is 3.43. The first-order valence-corrected chi connectivity index (χ1v) is 4.73. The zero-order chi connectivity index (χ0) is 8.97. The van der Waals surface area contributed by atoms with E-state index in [-0.39, 0.29) is 17.0 Å². The van der Waals surface area contributed by atoms with Crippen LogP contribution in [0.1, 0.15) is 12.8 Å². The van der Waals surface area contributed by atoms with Gasteiger partial charge in [-0.2, -0.15) is 0 Å². The van der Waals surface area contributed by atoms with E-state index in [2.05, 4.69) is 23.9 Å². The maximum absolute atomic E-state index is 8.74. The molecule has 1 fully saturated rings. The van der Waals surface area contributed by atoms with Crippen LogP contribution in [0.4, 0.5) is 0 Å². The highest BCUT2D eigenvalue weighted by atomic mass is 79.9. The van der Waals surface area contributed by atoms with Crippen molar-refractivity contribution in [1.29, 1.82) is 0 Å². The van der Waals surface area contributed by atoms with Gasteiger partial charge in [0.25, 0.3) is 0 Å². The Hall–Kier alpha value is 0.360. The summed E-state index contributed by atoms with van der Waals surface area (Å²) in [5.41, 5.74) is 0. The van der Waals surface area contributed by atoms with Gasteiger partial charge in [-0.15, -0.1) is 17.0 Å². The molecule has 1 rings (SSSR count). The smallest absolute Gasteiger partial charge is 0.0558 e. The van der Waals surface area contributed by atoms with Crippen LogP contribution in [0.2, 0.25) is 0 Å². The summed E-state index contributed by atoms with van der Waals surface area (Å²) in [7, 11) is 4.29. The van der Waals surface area contributed by atoms with Gasteiger partial charge in [0.1, 0.15) is 0 Å². The normalized spacial score (nSPS) is 20.3. The van der Waals surface area contributed by atoms with E-state index < -0.39 is 0 Å². The van der Waals surface area contributed by atoms with E-state index in [0.29, 0.717) is 6.61 Å². The van der Waals surface area contributed by atoms with Crippen LogP contribution in [0.5, 0.6) is 0 Å². The fourth-order valence-corrected chi connectivity index (χ4v) is 1.80. The van der Waals surface area contributed by atoms with Crippen molar-refractivity contribution in [3.05, 3.63) is 0 Å². The van der Waals surface area contributed by atoms with Crippen LogP contribution >= 0.6 is 17.0 Å². The molecule has 0 spiro atoms. The van der Waals surface area contributed by atoms with Gasteiger partial charge >= 0.3 is 0 Å². The second-order valence-electron chi connectivity index (χ2n) is 3.76. The molecule has 3 nitrogen and oxygen atoms in total. The summed E-state index contributed by atoms with van der Waals surface area (Å²) in [6, 6.07) is 0.750. The van der Waals surface area contributed by atoms with E-state index in [4.69, 9.17) is 5.11 Å². The lowest BCUT2D eigenvalue weighted by molar-refractivity contribution is 0.124. The molecule has 1 N–H and O–H groups in total. The van der Waals surface area contributed by atoms with Crippen LogP contribution in [-0.4, -0.2) is 61.3 Å². The SMILES string of the molecule is Br.CN(C)C1CCN(CCO)CC1. The van der Waals surface area contributed by atoms with E-state index in [1.807, 2.05) is 0 Å². The summed E-state index contributed by atoms with van der Waals surface area (Å²) in [6.07, 6.45) is 2.49. The molecule has 0 aromatic rings. The Morgan fingerprint density at radius 1 is 1.31 bits per heavy atom. The van der Waals surface area contributed by atoms with E-state index in [9.17, 15) is 0 Å². The van der Waals surface area contributed by atoms with Crippen molar-refractivity contribution >= 4 is 17.0 Å². The standard InChI is InChI=1S/C9H20N2O.BrH/c1-10(2)9-3-5-11(6-4-9)7-8-12;/h9,12H,3-8H2,1-2H3;1H. The summed E-state index contributed by atoms with van der Waals surface area (Å²) in [4.78, 5) is 4.64. The molecular weight excluding hydrogens is 232 g/mol. The molecule has 1 aliphatic heterocycles. The molecule has 0 radical (unpaired) electrons. The minimum atomic E-state index is 0. The minimum Gasteiger partial charge on any atom is -0.395 e. The van der Waals surface area contributed by atoms with Gasteiger partial charge in [-0.3, -0.25) is 0 Å². The van der Waals surface area contributed by atoms with Crippen LogP contribution in [0.25, 0.3) is 0 Å². The maximum Gasteiger partial charge on any atom is 0.0558 e. The molecule has 0 aliphatic carbocycles. The Balaban J connectivity index is 0.00000144. The molecule has 0 saturated carbocycles. The second-order valence-corrected chi connectivity index (χ2v) is 3.76. The van der Waals surface area contributed by atoms with Crippen LogP contribution in [0, 0.1) is 0 Å². The molecular formula is C9H21BrN2O. The van der Waals surface area contributed by atoms with Crippen molar-refractivity contribution in [2.45, 2.75) is 18.9 Å². The Morgan fingerprint density at radius 2 is 1.85 bits per heavy atom. The summed E-state index contributed by atoms with van der Waals surface area (Å²) in [5, 5.41) is 8.74. The summed E-state index contributed by atoms with van der Waals surface area (Å²) >= 11 is 0. The average Bonchev–Trinajstić information content (AvgIpc) is 2.06. The lowest BCUT2D eigenvalue weighted by Gasteiger charge is -2.34. The predicted octanol–water partition coefficient (Wildman–Crippen LogP) is 0.583. The Kier molecular flexibility index (Phi) is 6.95. The van der Waals surface area contributed by atoms with E-state index in [0.717, 1.165) is 25.7 Å². The van der Waals surface area contributed by atoms with Gasteiger partial charge in [-0.25, -0.2) is 0 Å². The minimum absolute atomic E-state index is 0. The molecule has 0 unspecified atom stereocenters. The number of aliphatic hydroxyl groups is 1. The Bertz CT molecular complexity index is 125. The quantitative estimate of drug-likeness (QED) is 0.797. The van der Waals surface area contributed by atoms with Crippen molar-refractivity contribution in [2.75, 3.05) is 40.3 Å². The fourth-order valence-electron chi connectivity index (χ4n) is 1.80. The van der Waals surface area contributed by atoms with Gasteiger partial charge in [0.2, 0.25) is 0 Å². The number of aliphatic hydroxyl groups excluding tert-OH is 1. The predicted molar refractivity (Wildman–Crippen MR) is 60.6 cm³/mol. The molecule has 0 atom stereocenters. The van der Waals surface area contributed by atoms with Crippen LogP contribution < -0.4 is 0 Å². The lowest BCUT2D eigenvalue weighted by atomic mass is 10.0. The maximum atomic E-state index is 8.74. The topological polar surface area (TPSA) is 26.7 Å². The first-order valence-electron chi connectivity index (χ1n) is 4.73. The lowest BCUT2D eigenvalue weighted by Crippen LogP contribution is -2.42. The number of likely N-dealkylation sites (tertiary alicyclic amines) is 1. The summed E-state index contributed by atoms with van der Waals surface area (Å²) < 4.78 is 0. The number of β-amino-alcohol motifs (C(OH)–C–C–N with tert-alkyl or cyclic N) is 1. The first kappa shape index (κ1) is 13.4. The number of piperidine rings is 1. The average molecular weight is 253 g/mol. The largest absolute Gasteiger partial charge is 0.395 e. The number of halogens is 1. The van der Waals surface area contributed by atoms with Crippen molar-refractivity contribution in [1.82, 2.24) is 9.80 Å². The van der Waals surface area contributed by atoms with Crippen molar-refractivity contribution in [3.63, 3.8) is 0 Å². The van der Waals surface area contributed by atoms with Gasteiger partial charge < -0.3 is 14.9 Å². The third-order valence-electron chi connectivity index (χ3n) is 2.70. The van der Waals surface area contributed by atoms with Gasteiger partial charge in [0.05, 0.1) is 6.61 Å². The van der Waals surface area contributed by atoms with Gasteiger partial charge in [0, 0.05) is 12.6 Å². The molecule has 1 saturated heterocycles. The van der Waals surface area contributed by atoms with E-state index in [1.54, 1.807) is 0 Å². The highest BCUT2D eigenvalue weighted by Gasteiger charge is 2.19. The van der Waals surface area contributed by atoms with Crippen LogP contribution in [0.15, 0.2) is 0 Å². The van der Waals surface area contributed by atoms with E-state index >= 15 is 0 Å². The monoisotopic (exact) mass is 252 g/mol. The zero-order valence-corrected chi connectivity index (χ0v) is 10.3. The number of hydrogen-bond donors (Lipinski definition) is 1. The highest BCUT2D eigenvalue weighted by Crippen LogP contribution is 2.13. The molecule has 0 aromatic heterocycles. The highest BCUT2D eigenvalue weighted by molar-refractivity contribution is 8.93. The molecule has 0 bridgehead atoms. The van der Waals surface area contributed by atoms with Crippen molar-refractivity contribution in [2.24, 2.45) is 0 Å². The van der Waals surface area contributed by atoms with E-state index in [1.165, 1.54) is 12.8 Å². The summed E-state index contributed by atoms with van der Waals surface area (Å²) in [5.74, 6) is 0. The fraction of sp³-hybridized carbons (Fsp3) is 1.00. The molecule has 0 amide bonds. The third kappa shape index (κ3) is 4.40. The Morgan fingerprint density at radius 3 is 2.23 bits per heavy atom. The van der Waals surface area contributed by atoms with Crippen LogP contribution in [0.3, 0.4) is 0 Å². The molecule has 13 heavy (non-hydrogen) atoms. The molecule has 80 valence electrons.